The number of anilines is 2. The highest BCUT2D eigenvalue weighted by Crippen LogP contribution is 2.32. The molecule has 1 aliphatic heterocycles. The number of carbonyl (C=O) groups is 1. The molecule has 8 heteroatoms. The summed E-state index contributed by atoms with van der Waals surface area (Å²) in [6.07, 6.45) is 2.90. The lowest BCUT2D eigenvalue weighted by molar-refractivity contribution is 0.0991. The number of rotatable bonds is 6. The zero-order chi connectivity index (χ0) is 21.8. The van der Waals surface area contributed by atoms with Gasteiger partial charge in [0.2, 0.25) is 0 Å². The molecule has 1 fully saturated rings. The molecule has 0 unspecified atom stereocenters. The van der Waals surface area contributed by atoms with E-state index in [0.29, 0.717) is 19.8 Å². The Kier molecular flexibility index (Phi) is 6.36. The summed E-state index contributed by atoms with van der Waals surface area (Å²) in [5.41, 5.74) is 5.56. The van der Waals surface area contributed by atoms with Crippen molar-refractivity contribution in [1.29, 1.82) is 0 Å². The van der Waals surface area contributed by atoms with Crippen LogP contribution in [0, 0.1) is 0 Å². The van der Waals surface area contributed by atoms with Crippen molar-refractivity contribution in [3.05, 3.63) is 36.7 Å². The van der Waals surface area contributed by atoms with Crippen LogP contribution in [0.1, 0.15) is 27.2 Å². The van der Waals surface area contributed by atoms with Gasteiger partial charge in [-0.25, -0.2) is 14.8 Å². The molecule has 31 heavy (non-hydrogen) atoms. The average molecular weight is 423 g/mol. The number of nitrogens with one attached hydrogen (secondary N) is 2. The van der Waals surface area contributed by atoms with E-state index in [1.165, 1.54) is 0 Å². The SMILES string of the molecule is CCCn1cnc2c(N3CCOC[C@@H]3C)cc(-c3ccc(NC(=O)NCC)cc3)nc21. The molecule has 0 aliphatic carbocycles. The zero-order valence-corrected chi connectivity index (χ0v) is 18.4. The molecule has 0 radical (unpaired) electrons. The van der Waals surface area contributed by atoms with Crippen LogP contribution in [-0.4, -0.2) is 52.9 Å². The first kappa shape index (κ1) is 21.1. The molecule has 0 saturated carbocycles. The molecule has 0 spiro atoms. The third-order valence-electron chi connectivity index (χ3n) is 5.47. The Morgan fingerprint density at radius 1 is 1.26 bits per heavy atom. The van der Waals surface area contributed by atoms with Crippen molar-refractivity contribution in [2.24, 2.45) is 0 Å². The van der Waals surface area contributed by atoms with Crippen LogP contribution in [0.15, 0.2) is 36.7 Å². The Morgan fingerprint density at radius 2 is 2.06 bits per heavy atom. The summed E-state index contributed by atoms with van der Waals surface area (Å²) >= 11 is 0. The molecule has 2 N–H and O–H groups in total. The molecule has 8 nitrogen and oxygen atoms in total. The van der Waals surface area contributed by atoms with E-state index in [2.05, 4.69) is 40.0 Å². The van der Waals surface area contributed by atoms with E-state index in [9.17, 15) is 4.79 Å². The average Bonchev–Trinajstić information content (AvgIpc) is 3.17. The van der Waals surface area contributed by atoms with Gasteiger partial charge in [0.25, 0.3) is 0 Å². The molecule has 3 aromatic rings. The van der Waals surface area contributed by atoms with Gasteiger partial charge >= 0.3 is 6.03 Å². The van der Waals surface area contributed by atoms with Crippen LogP contribution in [0.5, 0.6) is 0 Å². The number of aryl methyl sites for hydroxylation is 1. The van der Waals surface area contributed by atoms with Crippen molar-refractivity contribution in [3.8, 4) is 11.3 Å². The first-order valence-corrected chi connectivity index (χ1v) is 11.0. The number of pyridine rings is 1. The smallest absolute Gasteiger partial charge is 0.319 e. The minimum atomic E-state index is -0.207. The van der Waals surface area contributed by atoms with Gasteiger partial charge in [-0.1, -0.05) is 19.1 Å². The highest BCUT2D eigenvalue weighted by Gasteiger charge is 2.24. The number of benzene rings is 1. The summed E-state index contributed by atoms with van der Waals surface area (Å²) in [6, 6.07) is 9.97. The third-order valence-corrected chi connectivity index (χ3v) is 5.47. The van der Waals surface area contributed by atoms with Crippen molar-refractivity contribution in [2.75, 3.05) is 36.5 Å². The quantitative estimate of drug-likeness (QED) is 0.630. The highest BCUT2D eigenvalue weighted by atomic mass is 16.5. The minimum Gasteiger partial charge on any atom is -0.377 e. The number of morpholine rings is 1. The number of imidazole rings is 1. The number of fused-ring (bicyclic) bond motifs is 1. The summed E-state index contributed by atoms with van der Waals surface area (Å²) in [7, 11) is 0. The number of hydrogen-bond acceptors (Lipinski definition) is 5. The van der Waals surface area contributed by atoms with Crippen molar-refractivity contribution in [3.63, 3.8) is 0 Å². The van der Waals surface area contributed by atoms with Crippen molar-refractivity contribution in [2.45, 2.75) is 39.8 Å². The fourth-order valence-electron chi connectivity index (χ4n) is 3.93. The lowest BCUT2D eigenvalue weighted by Gasteiger charge is -2.35. The highest BCUT2D eigenvalue weighted by molar-refractivity contribution is 5.91. The molecule has 1 atom stereocenters. The standard InChI is InChI=1S/C23H30N6O2/c1-4-10-28-15-25-21-20(29-11-12-31-14-16(29)3)13-19(27-22(21)28)17-6-8-18(9-7-17)26-23(30)24-5-2/h6-9,13,15-16H,4-5,10-12,14H2,1-3H3,(H2,24,26,30)/t16-/m0/s1. The van der Waals surface area contributed by atoms with Gasteiger partial charge in [-0.05, 0) is 38.5 Å². The van der Waals surface area contributed by atoms with Crippen LogP contribution >= 0.6 is 0 Å². The van der Waals surface area contributed by atoms with E-state index in [1.807, 2.05) is 37.5 Å². The van der Waals surface area contributed by atoms with E-state index >= 15 is 0 Å². The number of ether oxygens (including phenoxy) is 1. The van der Waals surface area contributed by atoms with E-state index in [-0.39, 0.29) is 12.1 Å². The number of hydrogen-bond donors (Lipinski definition) is 2. The van der Waals surface area contributed by atoms with Crippen LogP contribution in [0.2, 0.25) is 0 Å². The molecule has 1 aromatic carbocycles. The predicted octanol–water partition coefficient (Wildman–Crippen LogP) is 3.87. The van der Waals surface area contributed by atoms with Gasteiger partial charge in [-0.2, -0.15) is 0 Å². The van der Waals surface area contributed by atoms with Crippen LogP contribution < -0.4 is 15.5 Å². The van der Waals surface area contributed by atoms with Crippen LogP contribution in [0.4, 0.5) is 16.2 Å². The van der Waals surface area contributed by atoms with E-state index < -0.39 is 0 Å². The topological polar surface area (TPSA) is 84.3 Å². The number of carbonyl (C=O) groups excluding carboxylic acids is 1. The Morgan fingerprint density at radius 3 is 2.77 bits per heavy atom. The van der Waals surface area contributed by atoms with Crippen molar-refractivity contribution < 1.29 is 9.53 Å². The van der Waals surface area contributed by atoms with Gasteiger partial charge in [0.1, 0.15) is 5.52 Å². The van der Waals surface area contributed by atoms with Gasteiger partial charge < -0.3 is 24.8 Å². The summed E-state index contributed by atoms with van der Waals surface area (Å²) in [5.74, 6) is 0. The van der Waals surface area contributed by atoms with E-state index in [4.69, 9.17) is 14.7 Å². The normalized spacial score (nSPS) is 16.5. The van der Waals surface area contributed by atoms with E-state index in [1.54, 1.807) is 0 Å². The Labute approximate surface area is 182 Å². The first-order valence-electron chi connectivity index (χ1n) is 11.0. The molecule has 4 rings (SSSR count). The van der Waals surface area contributed by atoms with Gasteiger partial charge in [-0.3, -0.25) is 0 Å². The van der Waals surface area contributed by atoms with Crippen LogP contribution in [-0.2, 0) is 11.3 Å². The van der Waals surface area contributed by atoms with Crippen molar-refractivity contribution in [1.82, 2.24) is 19.9 Å². The van der Waals surface area contributed by atoms with Gasteiger partial charge in [0, 0.05) is 36.9 Å². The molecule has 0 bridgehead atoms. The Balaban J connectivity index is 1.73. The fraction of sp³-hybridized carbons (Fsp3) is 0.435. The molecule has 3 heterocycles. The lowest BCUT2D eigenvalue weighted by atomic mass is 10.1. The monoisotopic (exact) mass is 422 g/mol. The molecule has 1 saturated heterocycles. The number of urea groups is 1. The predicted molar refractivity (Wildman–Crippen MR) is 124 cm³/mol. The molecule has 164 valence electrons. The molecular weight excluding hydrogens is 392 g/mol. The number of aromatic nitrogens is 3. The summed E-state index contributed by atoms with van der Waals surface area (Å²) in [4.78, 5) is 23.8. The Hall–Kier alpha value is -3.13. The Bertz CT molecular complexity index is 1050. The van der Waals surface area contributed by atoms with Crippen LogP contribution in [0.3, 0.4) is 0 Å². The second-order valence-corrected chi connectivity index (χ2v) is 7.82. The summed E-state index contributed by atoms with van der Waals surface area (Å²) in [6.45, 7) is 9.92. The molecule has 2 aromatic heterocycles. The van der Waals surface area contributed by atoms with E-state index in [0.717, 1.165) is 53.3 Å². The summed E-state index contributed by atoms with van der Waals surface area (Å²) < 4.78 is 7.77. The lowest BCUT2D eigenvalue weighted by Crippen LogP contribution is -2.43. The molecular formula is C23H30N6O2. The second-order valence-electron chi connectivity index (χ2n) is 7.82. The molecule has 1 aliphatic rings. The number of nitrogens with zero attached hydrogens (tertiary/aromatic N) is 4. The van der Waals surface area contributed by atoms with Gasteiger partial charge in [-0.15, -0.1) is 0 Å². The zero-order valence-electron chi connectivity index (χ0n) is 18.4. The maximum atomic E-state index is 11.8. The maximum Gasteiger partial charge on any atom is 0.319 e. The second kappa shape index (κ2) is 9.34. The van der Waals surface area contributed by atoms with Crippen molar-refractivity contribution >= 4 is 28.6 Å². The largest absolute Gasteiger partial charge is 0.377 e. The number of amides is 2. The minimum absolute atomic E-state index is 0.207. The van der Waals surface area contributed by atoms with Gasteiger partial charge in [0.15, 0.2) is 5.65 Å². The third kappa shape index (κ3) is 4.49. The molecule has 2 amide bonds. The summed E-state index contributed by atoms with van der Waals surface area (Å²) in [5, 5.41) is 5.57. The fourth-order valence-corrected chi connectivity index (χ4v) is 3.93. The maximum absolute atomic E-state index is 11.8. The van der Waals surface area contributed by atoms with Crippen LogP contribution in [0.25, 0.3) is 22.4 Å². The van der Waals surface area contributed by atoms with Gasteiger partial charge in [0.05, 0.1) is 30.9 Å². The first-order chi connectivity index (χ1) is 15.1.